The lowest BCUT2D eigenvalue weighted by molar-refractivity contribution is -0.414. The predicted molar refractivity (Wildman–Crippen MR) is 182 cm³/mol. The van der Waals surface area contributed by atoms with Crippen LogP contribution in [0.4, 0.5) is 11.8 Å². The maximum Gasteiger partial charge on any atom is 0.433 e. The zero-order chi connectivity index (χ0) is 37.1. The molecule has 6 heterocycles. The summed E-state index contributed by atoms with van der Waals surface area (Å²) in [5.41, 5.74) is -0.294. The Bertz CT molecular complexity index is 2000. The third kappa shape index (κ3) is 11.1. The highest BCUT2D eigenvalue weighted by Crippen LogP contribution is 2.25. The van der Waals surface area contributed by atoms with Gasteiger partial charge in [0.1, 0.15) is 15.6 Å². The van der Waals surface area contributed by atoms with E-state index in [2.05, 4.69) is 24.7 Å². The molecule has 2 aliphatic rings. The molecule has 1 saturated heterocycles. The number of nitro groups is 4. The van der Waals surface area contributed by atoms with Crippen molar-refractivity contribution in [1.29, 1.82) is 0 Å². The van der Waals surface area contributed by atoms with E-state index < -0.39 is 31.5 Å². The first-order valence-corrected chi connectivity index (χ1v) is 16.4. The lowest BCUT2D eigenvalue weighted by Gasteiger charge is -2.17. The Labute approximate surface area is 302 Å². The molecular formula is C26H22Cl2N10O11S2. The van der Waals surface area contributed by atoms with Gasteiger partial charge < -0.3 is 24.0 Å². The third-order valence-corrected chi connectivity index (χ3v) is 8.54. The molecule has 6 rings (SSSR count). The SMILES string of the molecule is O=Cc1ccc([N+](=O)[O-])o1.O=[N+]([O-])/C(=C/c1ccc([N+](=O)[O-])o1)C1=NCCN1Cc1cnc(Cl)s1.O=[N+]([O-])/C=C1/NCCN1Cc1cnc(Cl)s1. The van der Waals surface area contributed by atoms with Crippen molar-refractivity contribution in [3.63, 3.8) is 0 Å². The molecule has 25 heteroatoms. The Hall–Kier alpha value is -5.78. The fourth-order valence-electron chi connectivity index (χ4n) is 4.27. The van der Waals surface area contributed by atoms with Crippen molar-refractivity contribution >= 4 is 75.8 Å². The number of aromatic nitrogens is 2. The van der Waals surface area contributed by atoms with E-state index in [9.17, 15) is 45.3 Å². The van der Waals surface area contributed by atoms with Crippen LogP contribution in [-0.4, -0.2) is 77.8 Å². The monoisotopic (exact) mass is 784 g/mol. The minimum Gasteiger partial charge on any atom is -0.401 e. The number of amidine groups is 1. The number of hydrogen-bond donors (Lipinski definition) is 1. The summed E-state index contributed by atoms with van der Waals surface area (Å²) in [5, 5.41) is 45.4. The number of halogens is 2. The Morgan fingerprint density at radius 1 is 0.863 bits per heavy atom. The molecule has 0 aromatic carbocycles. The summed E-state index contributed by atoms with van der Waals surface area (Å²) in [4.78, 5) is 67.4. The maximum atomic E-state index is 11.5. The van der Waals surface area contributed by atoms with Crippen LogP contribution in [0.15, 0.2) is 68.2 Å². The lowest BCUT2D eigenvalue weighted by atomic mass is 10.3. The number of furan rings is 2. The van der Waals surface area contributed by atoms with Gasteiger partial charge in [0.25, 0.3) is 6.20 Å². The Kier molecular flexibility index (Phi) is 13.2. The summed E-state index contributed by atoms with van der Waals surface area (Å²) < 4.78 is 10.3. The summed E-state index contributed by atoms with van der Waals surface area (Å²) in [6.07, 6.45) is 5.82. The standard InChI is InChI=1S/C13H10ClN5O5S.C8H9ClN4O2S.C5H3NO4/c14-13-16-6-9(25-13)7-17-4-3-15-12(17)10(18(20)21)5-8-1-2-11(24-8)19(22)23;9-8-11-3-6(16-8)4-12-2-1-10-7(12)5-13(14)15;7-3-4-1-2-5(10-4)6(8)9/h1-2,5-6H,3-4,7H2;3,5,10H,1-2,4H2;1-3H/b10-5+;7-5-;. The topological polar surface area (TPSA) is 273 Å². The Morgan fingerprint density at radius 2 is 1.43 bits per heavy atom. The van der Waals surface area contributed by atoms with Crippen LogP contribution in [0.5, 0.6) is 0 Å². The molecule has 0 spiro atoms. The second kappa shape index (κ2) is 17.7. The smallest absolute Gasteiger partial charge is 0.401 e. The molecule has 0 unspecified atom stereocenters. The quantitative estimate of drug-likeness (QED) is 0.118. The molecule has 0 bridgehead atoms. The molecule has 0 saturated carbocycles. The van der Waals surface area contributed by atoms with Gasteiger partial charge >= 0.3 is 17.5 Å². The van der Waals surface area contributed by atoms with Gasteiger partial charge in [0.15, 0.2) is 26.8 Å². The van der Waals surface area contributed by atoms with Crippen molar-refractivity contribution in [2.24, 2.45) is 4.99 Å². The number of carbonyl (C=O) groups excluding carboxylic acids is 1. The van der Waals surface area contributed by atoms with Gasteiger partial charge in [-0.25, -0.2) is 9.97 Å². The molecular weight excluding hydrogens is 763 g/mol. The van der Waals surface area contributed by atoms with Crippen molar-refractivity contribution in [2.75, 3.05) is 26.2 Å². The van der Waals surface area contributed by atoms with E-state index in [1.54, 1.807) is 17.3 Å². The first-order chi connectivity index (χ1) is 24.3. The van der Waals surface area contributed by atoms with Crippen LogP contribution in [0.25, 0.3) is 6.08 Å². The van der Waals surface area contributed by atoms with Gasteiger partial charge in [-0.1, -0.05) is 23.2 Å². The molecule has 0 atom stereocenters. The molecule has 0 radical (unpaired) electrons. The number of hydrogen-bond acceptors (Lipinski definition) is 19. The molecule has 268 valence electrons. The number of aldehydes is 1. The minimum atomic E-state index is -0.712. The molecule has 4 aromatic heterocycles. The highest BCUT2D eigenvalue weighted by atomic mass is 35.5. The second-order valence-corrected chi connectivity index (χ2v) is 13.1. The van der Waals surface area contributed by atoms with Crippen LogP contribution in [0.1, 0.15) is 26.1 Å². The van der Waals surface area contributed by atoms with Crippen molar-refractivity contribution in [3.8, 4) is 0 Å². The van der Waals surface area contributed by atoms with Crippen LogP contribution >= 0.6 is 45.9 Å². The van der Waals surface area contributed by atoms with E-state index >= 15 is 0 Å². The number of nitrogens with one attached hydrogen (secondary N) is 1. The molecule has 0 amide bonds. The molecule has 4 aromatic rings. The van der Waals surface area contributed by atoms with Crippen LogP contribution in [0.3, 0.4) is 0 Å². The molecule has 21 nitrogen and oxygen atoms in total. The average molecular weight is 786 g/mol. The number of carbonyl (C=O) groups is 1. The van der Waals surface area contributed by atoms with Gasteiger partial charge in [0.05, 0.1) is 47.7 Å². The van der Waals surface area contributed by atoms with Gasteiger partial charge in [0.2, 0.25) is 5.84 Å². The van der Waals surface area contributed by atoms with Crippen molar-refractivity contribution < 1.29 is 33.3 Å². The highest BCUT2D eigenvalue weighted by molar-refractivity contribution is 7.16. The zero-order valence-corrected chi connectivity index (χ0v) is 28.7. The van der Waals surface area contributed by atoms with Crippen molar-refractivity contribution in [1.82, 2.24) is 25.1 Å². The number of rotatable bonds is 11. The van der Waals surface area contributed by atoms with E-state index in [1.807, 2.05) is 4.90 Å². The Balaban J connectivity index is 0.000000191. The van der Waals surface area contributed by atoms with Gasteiger partial charge in [-0.15, -0.1) is 22.7 Å². The minimum absolute atomic E-state index is 0.00813. The largest absolute Gasteiger partial charge is 0.433 e. The van der Waals surface area contributed by atoms with Gasteiger partial charge in [-0.05, 0) is 12.1 Å². The zero-order valence-electron chi connectivity index (χ0n) is 25.5. The third-order valence-electron chi connectivity index (χ3n) is 6.34. The summed E-state index contributed by atoms with van der Waals surface area (Å²) in [6.45, 7) is 3.35. The predicted octanol–water partition coefficient (Wildman–Crippen LogP) is 5.11. The number of aliphatic imine (C=N–C) groups is 1. The second-order valence-electron chi connectivity index (χ2n) is 9.70. The van der Waals surface area contributed by atoms with E-state index in [0.29, 0.717) is 53.8 Å². The van der Waals surface area contributed by atoms with Gasteiger partial charge in [-0.2, -0.15) is 0 Å². The molecule has 1 N–H and O–H groups in total. The summed E-state index contributed by atoms with van der Waals surface area (Å²) >= 11 is 14.2. The van der Waals surface area contributed by atoms with E-state index in [1.165, 1.54) is 34.8 Å². The van der Waals surface area contributed by atoms with Gasteiger partial charge in [0, 0.05) is 41.8 Å². The van der Waals surface area contributed by atoms with E-state index in [-0.39, 0.29) is 23.1 Å². The molecule has 51 heavy (non-hydrogen) atoms. The fourth-order valence-corrected chi connectivity index (χ4v) is 6.25. The van der Waals surface area contributed by atoms with E-state index in [4.69, 9.17) is 27.6 Å². The lowest BCUT2D eigenvalue weighted by Crippen LogP contribution is -2.30. The van der Waals surface area contributed by atoms with Crippen LogP contribution < -0.4 is 5.32 Å². The van der Waals surface area contributed by atoms with Crippen LogP contribution in [0, 0.1) is 40.5 Å². The van der Waals surface area contributed by atoms with Crippen LogP contribution in [-0.2, 0) is 13.1 Å². The van der Waals surface area contributed by atoms with Crippen molar-refractivity contribution in [3.05, 3.63) is 125 Å². The highest BCUT2D eigenvalue weighted by Gasteiger charge is 2.30. The molecule has 0 aliphatic carbocycles. The summed E-state index contributed by atoms with van der Waals surface area (Å²) in [5.74, 6) is -0.204. The number of nitrogens with zero attached hydrogens (tertiary/aromatic N) is 9. The normalized spacial score (nSPS) is 14.6. The molecule has 2 aliphatic heterocycles. The number of thiazole rings is 2. The van der Waals surface area contributed by atoms with Crippen LogP contribution in [0.2, 0.25) is 8.93 Å². The first kappa shape index (κ1) is 38.0. The maximum absolute atomic E-state index is 11.5. The fraction of sp³-hybridized carbons (Fsp3) is 0.231. The van der Waals surface area contributed by atoms with E-state index in [0.717, 1.165) is 40.7 Å². The van der Waals surface area contributed by atoms with Gasteiger partial charge in [-0.3, -0.25) is 50.2 Å². The summed E-state index contributed by atoms with van der Waals surface area (Å²) in [7, 11) is 0. The average Bonchev–Trinajstić information content (AvgIpc) is 3.92. The van der Waals surface area contributed by atoms with Crippen molar-refractivity contribution in [2.45, 2.75) is 13.1 Å². The Morgan fingerprint density at radius 3 is 1.90 bits per heavy atom. The summed E-state index contributed by atoms with van der Waals surface area (Å²) in [6, 6.07) is 4.80. The first-order valence-electron chi connectivity index (χ1n) is 14.0. The molecule has 1 fully saturated rings.